The van der Waals surface area contributed by atoms with Gasteiger partial charge in [-0.2, -0.15) is 0 Å². The van der Waals surface area contributed by atoms with Crippen molar-refractivity contribution < 1.29 is 14.3 Å². The Morgan fingerprint density at radius 3 is 2.72 bits per heavy atom. The highest BCUT2D eigenvalue weighted by Crippen LogP contribution is 2.15. The average Bonchev–Trinajstić information content (AvgIpc) is 2.92. The van der Waals surface area contributed by atoms with E-state index in [2.05, 4.69) is 10.1 Å². The van der Waals surface area contributed by atoms with Gasteiger partial charge < -0.3 is 10.1 Å². The molecule has 0 aliphatic rings. The molecule has 0 unspecified atom stereocenters. The molecule has 18 heavy (non-hydrogen) atoms. The molecule has 0 saturated heterocycles. The number of hydrogen-bond acceptors (Lipinski definition) is 4. The summed E-state index contributed by atoms with van der Waals surface area (Å²) in [7, 11) is 1.32. The molecule has 0 bridgehead atoms. The Hall–Kier alpha value is -2.14. The summed E-state index contributed by atoms with van der Waals surface area (Å²) in [6.45, 7) is 0. The van der Waals surface area contributed by atoms with E-state index in [4.69, 9.17) is 0 Å². The van der Waals surface area contributed by atoms with Gasteiger partial charge in [0.15, 0.2) is 0 Å². The molecule has 1 N–H and O–H groups in total. The molecule has 0 aliphatic heterocycles. The second-order valence-corrected chi connectivity index (χ2v) is 4.45. The number of rotatable bonds is 3. The van der Waals surface area contributed by atoms with Crippen LogP contribution in [0.4, 0.5) is 5.69 Å². The lowest BCUT2D eigenvalue weighted by Crippen LogP contribution is -2.11. The fourth-order valence-electron chi connectivity index (χ4n) is 1.44. The molecule has 1 aromatic carbocycles. The minimum Gasteiger partial charge on any atom is -0.465 e. The summed E-state index contributed by atoms with van der Waals surface area (Å²) in [6.07, 6.45) is 0. The fourth-order valence-corrected chi connectivity index (χ4v) is 2.06. The minimum absolute atomic E-state index is 0.188. The molecule has 0 atom stereocenters. The molecule has 1 aromatic heterocycles. The molecule has 1 amide bonds. The molecular formula is C13H11NO3S. The Kier molecular flexibility index (Phi) is 3.74. The van der Waals surface area contributed by atoms with Crippen molar-refractivity contribution in [2.75, 3.05) is 12.4 Å². The van der Waals surface area contributed by atoms with Crippen LogP contribution in [0.5, 0.6) is 0 Å². The van der Waals surface area contributed by atoms with Crippen LogP contribution in [0, 0.1) is 0 Å². The van der Waals surface area contributed by atoms with Gasteiger partial charge in [0, 0.05) is 5.69 Å². The van der Waals surface area contributed by atoms with Crippen LogP contribution in [0.1, 0.15) is 20.0 Å². The quantitative estimate of drug-likeness (QED) is 0.864. The standard InChI is InChI=1S/C13H11NO3S/c1-17-13(16)9-4-2-5-10(8-9)14-12(15)11-6-3-7-18-11/h2-8H,1H3,(H,14,15). The average molecular weight is 261 g/mol. The van der Waals surface area contributed by atoms with Gasteiger partial charge >= 0.3 is 5.97 Å². The van der Waals surface area contributed by atoms with E-state index in [1.807, 2.05) is 11.4 Å². The summed E-state index contributed by atoms with van der Waals surface area (Å²) >= 11 is 1.36. The smallest absolute Gasteiger partial charge is 0.337 e. The molecule has 92 valence electrons. The van der Waals surface area contributed by atoms with Crippen molar-refractivity contribution in [3.05, 3.63) is 52.2 Å². The van der Waals surface area contributed by atoms with Gasteiger partial charge in [-0.3, -0.25) is 4.79 Å². The first-order chi connectivity index (χ1) is 8.70. The van der Waals surface area contributed by atoms with E-state index in [0.717, 1.165) is 0 Å². The number of carbonyl (C=O) groups is 2. The normalized spacial score (nSPS) is 9.83. The van der Waals surface area contributed by atoms with E-state index < -0.39 is 5.97 Å². The molecule has 0 saturated carbocycles. The third-order valence-electron chi connectivity index (χ3n) is 2.29. The maximum Gasteiger partial charge on any atom is 0.337 e. The van der Waals surface area contributed by atoms with Crippen molar-refractivity contribution >= 4 is 28.9 Å². The zero-order valence-corrected chi connectivity index (χ0v) is 10.5. The van der Waals surface area contributed by atoms with Gasteiger partial charge in [-0.15, -0.1) is 11.3 Å². The highest BCUT2D eigenvalue weighted by molar-refractivity contribution is 7.12. The van der Waals surface area contributed by atoms with E-state index in [1.54, 1.807) is 30.3 Å². The largest absolute Gasteiger partial charge is 0.465 e. The maximum atomic E-state index is 11.8. The van der Waals surface area contributed by atoms with Crippen LogP contribution in [-0.4, -0.2) is 19.0 Å². The lowest BCUT2D eigenvalue weighted by Gasteiger charge is -2.05. The van der Waals surface area contributed by atoms with Gasteiger partial charge in [-0.25, -0.2) is 4.79 Å². The van der Waals surface area contributed by atoms with Crippen molar-refractivity contribution in [2.24, 2.45) is 0 Å². The first kappa shape index (κ1) is 12.3. The van der Waals surface area contributed by atoms with Crippen molar-refractivity contribution in [1.82, 2.24) is 0 Å². The van der Waals surface area contributed by atoms with Crippen molar-refractivity contribution in [2.45, 2.75) is 0 Å². The predicted octanol–water partition coefficient (Wildman–Crippen LogP) is 2.79. The number of hydrogen-bond donors (Lipinski definition) is 1. The third kappa shape index (κ3) is 2.75. The summed E-state index contributed by atoms with van der Waals surface area (Å²) in [5.74, 6) is -0.616. The molecule has 4 nitrogen and oxygen atoms in total. The van der Waals surface area contributed by atoms with Crippen LogP contribution in [0.25, 0.3) is 0 Å². The first-order valence-electron chi connectivity index (χ1n) is 5.24. The number of ether oxygens (including phenoxy) is 1. The van der Waals surface area contributed by atoms with E-state index in [1.165, 1.54) is 18.4 Å². The zero-order valence-electron chi connectivity index (χ0n) is 9.67. The van der Waals surface area contributed by atoms with Crippen molar-refractivity contribution in [3.8, 4) is 0 Å². The highest BCUT2D eigenvalue weighted by Gasteiger charge is 2.09. The Bertz CT molecular complexity index is 563. The van der Waals surface area contributed by atoms with Gasteiger partial charge in [0.05, 0.1) is 17.6 Å². The predicted molar refractivity (Wildman–Crippen MR) is 70.1 cm³/mol. The number of nitrogens with one attached hydrogen (secondary N) is 1. The number of carbonyl (C=O) groups excluding carboxylic acids is 2. The molecule has 0 radical (unpaired) electrons. The molecule has 2 rings (SSSR count). The number of thiophene rings is 1. The second-order valence-electron chi connectivity index (χ2n) is 3.50. The number of amides is 1. The van der Waals surface area contributed by atoms with Gasteiger partial charge in [0.2, 0.25) is 0 Å². The SMILES string of the molecule is COC(=O)c1cccc(NC(=O)c2cccs2)c1. The fraction of sp³-hybridized carbons (Fsp3) is 0.0769. The number of esters is 1. The maximum absolute atomic E-state index is 11.8. The monoisotopic (exact) mass is 261 g/mol. The van der Waals surface area contributed by atoms with E-state index >= 15 is 0 Å². The van der Waals surface area contributed by atoms with Crippen LogP contribution < -0.4 is 5.32 Å². The Morgan fingerprint density at radius 2 is 2.06 bits per heavy atom. The first-order valence-corrected chi connectivity index (χ1v) is 6.12. The van der Waals surface area contributed by atoms with E-state index in [0.29, 0.717) is 16.1 Å². The number of methoxy groups -OCH3 is 1. The van der Waals surface area contributed by atoms with Crippen LogP contribution in [0.15, 0.2) is 41.8 Å². The minimum atomic E-state index is -0.428. The zero-order chi connectivity index (χ0) is 13.0. The van der Waals surface area contributed by atoms with Gasteiger partial charge in [-0.1, -0.05) is 12.1 Å². The second kappa shape index (κ2) is 5.46. The van der Waals surface area contributed by atoms with Crippen LogP contribution in [-0.2, 0) is 4.74 Å². The molecule has 5 heteroatoms. The lowest BCUT2D eigenvalue weighted by molar-refractivity contribution is 0.0600. The molecule has 0 aliphatic carbocycles. The lowest BCUT2D eigenvalue weighted by atomic mass is 10.2. The summed E-state index contributed by atoms with van der Waals surface area (Å²) in [5.41, 5.74) is 0.970. The van der Waals surface area contributed by atoms with Gasteiger partial charge in [-0.05, 0) is 29.6 Å². The van der Waals surface area contributed by atoms with Crippen molar-refractivity contribution in [1.29, 1.82) is 0 Å². The molecular weight excluding hydrogens is 250 g/mol. The number of anilines is 1. The topological polar surface area (TPSA) is 55.4 Å². The Balaban J connectivity index is 2.15. The molecule has 2 aromatic rings. The highest BCUT2D eigenvalue weighted by atomic mass is 32.1. The van der Waals surface area contributed by atoms with Crippen LogP contribution >= 0.6 is 11.3 Å². The van der Waals surface area contributed by atoms with Crippen molar-refractivity contribution in [3.63, 3.8) is 0 Å². The Labute approximate surface area is 108 Å². The molecule has 0 spiro atoms. The van der Waals surface area contributed by atoms with E-state index in [9.17, 15) is 9.59 Å². The van der Waals surface area contributed by atoms with Crippen LogP contribution in [0.2, 0.25) is 0 Å². The summed E-state index contributed by atoms with van der Waals surface area (Å²) in [6, 6.07) is 10.2. The third-order valence-corrected chi connectivity index (χ3v) is 3.16. The Morgan fingerprint density at radius 1 is 1.22 bits per heavy atom. The number of benzene rings is 1. The van der Waals surface area contributed by atoms with Gasteiger partial charge in [0.25, 0.3) is 5.91 Å². The van der Waals surface area contributed by atoms with Gasteiger partial charge in [0.1, 0.15) is 0 Å². The molecule has 0 fully saturated rings. The summed E-state index contributed by atoms with van der Waals surface area (Å²) in [4.78, 5) is 23.8. The summed E-state index contributed by atoms with van der Waals surface area (Å²) < 4.78 is 4.62. The van der Waals surface area contributed by atoms with Crippen LogP contribution in [0.3, 0.4) is 0 Å². The summed E-state index contributed by atoms with van der Waals surface area (Å²) in [5, 5.41) is 4.56. The molecule has 1 heterocycles. The van der Waals surface area contributed by atoms with E-state index in [-0.39, 0.29) is 5.91 Å².